The van der Waals surface area contributed by atoms with Crippen LogP contribution in [0.25, 0.3) is 0 Å². The third-order valence-electron chi connectivity index (χ3n) is 3.86. The van der Waals surface area contributed by atoms with Gasteiger partial charge in [-0.25, -0.2) is 0 Å². The first-order valence-corrected chi connectivity index (χ1v) is 8.26. The van der Waals surface area contributed by atoms with Crippen LogP contribution in [0.5, 0.6) is 0 Å². The number of benzene rings is 2. The van der Waals surface area contributed by atoms with Gasteiger partial charge in [0.25, 0.3) is 0 Å². The smallest absolute Gasteiger partial charge is 0.147 e. The van der Waals surface area contributed by atoms with Crippen molar-refractivity contribution in [1.29, 1.82) is 0 Å². The van der Waals surface area contributed by atoms with Gasteiger partial charge in [0.2, 0.25) is 0 Å². The fourth-order valence-electron chi connectivity index (χ4n) is 2.54. The molecule has 24 heavy (non-hydrogen) atoms. The average molecular weight is 322 g/mol. The van der Waals surface area contributed by atoms with Crippen molar-refractivity contribution in [1.82, 2.24) is 0 Å². The van der Waals surface area contributed by atoms with E-state index in [4.69, 9.17) is 0 Å². The first-order valence-electron chi connectivity index (χ1n) is 8.26. The topological polar surface area (TPSA) is 51.2 Å². The van der Waals surface area contributed by atoms with Crippen LogP contribution in [0.3, 0.4) is 0 Å². The third kappa shape index (κ3) is 6.69. The van der Waals surface area contributed by atoms with Gasteiger partial charge in [0.1, 0.15) is 17.3 Å². The molecular weight excluding hydrogens is 300 g/mol. The minimum absolute atomic E-state index is 0.0975. The Morgan fingerprint density at radius 3 is 1.29 bits per heavy atom. The molecule has 0 N–H and O–H groups in total. The summed E-state index contributed by atoms with van der Waals surface area (Å²) in [7, 11) is 0. The molecule has 3 nitrogen and oxygen atoms in total. The second-order valence-corrected chi connectivity index (χ2v) is 5.94. The molecular formula is C21H22O3. The highest BCUT2D eigenvalue weighted by Crippen LogP contribution is 2.07. The number of rotatable bonds is 10. The number of Topliss-reactive ketones (excluding diaryl/α,β-unsaturated/α-hetero) is 3. The number of carbonyl (C=O) groups excluding carboxylic acids is 3. The zero-order valence-electron chi connectivity index (χ0n) is 13.7. The lowest BCUT2D eigenvalue weighted by atomic mass is 10.0. The molecule has 2 rings (SSSR count). The van der Waals surface area contributed by atoms with Crippen molar-refractivity contribution in [3.05, 3.63) is 71.8 Å². The average Bonchev–Trinajstić information content (AvgIpc) is 2.60. The standard InChI is InChI=1S/C21H22O3/c22-19(13-11-17-7-3-1-4-8-17)15-21(24)16-20(23)14-12-18-9-5-2-6-10-18/h1-10H,11-16H2. The van der Waals surface area contributed by atoms with E-state index in [0.29, 0.717) is 25.7 Å². The van der Waals surface area contributed by atoms with Gasteiger partial charge >= 0.3 is 0 Å². The lowest BCUT2D eigenvalue weighted by molar-refractivity contribution is -0.130. The summed E-state index contributed by atoms with van der Waals surface area (Å²) in [5.41, 5.74) is 2.16. The highest BCUT2D eigenvalue weighted by atomic mass is 16.2. The molecule has 0 amide bonds. The molecule has 0 saturated heterocycles. The largest absolute Gasteiger partial charge is 0.299 e. The van der Waals surface area contributed by atoms with Crippen molar-refractivity contribution < 1.29 is 14.4 Å². The minimum Gasteiger partial charge on any atom is -0.299 e. The maximum absolute atomic E-state index is 11.9. The summed E-state index contributed by atoms with van der Waals surface area (Å²) >= 11 is 0. The minimum atomic E-state index is -0.272. The van der Waals surface area contributed by atoms with Crippen LogP contribution in [0, 0.1) is 0 Å². The first kappa shape index (κ1) is 17.8. The molecule has 0 saturated carbocycles. The molecule has 0 radical (unpaired) electrons. The molecule has 0 aliphatic carbocycles. The number of ketones is 3. The van der Waals surface area contributed by atoms with E-state index in [9.17, 15) is 14.4 Å². The van der Waals surface area contributed by atoms with E-state index >= 15 is 0 Å². The summed E-state index contributed by atoms with van der Waals surface area (Å²) < 4.78 is 0. The van der Waals surface area contributed by atoms with Crippen LogP contribution in [-0.4, -0.2) is 17.3 Å². The van der Waals surface area contributed by atoms with Crippen molar-refractivity contribution in [3.63, 3.8) is 0 Å². The summed E-state index contributed by atoms with van der Waals surface area (Å²) in [5.74, 6) is -0.467. The molecule has 0 aromatic heterocycles. The maximum atomic E-state index is 11.9. The van der Waals surface area contributed by atoms with Crippen LogP contribution in [0.4, 0.5) is 0 Å². The van der Waals surface area contributed by atoms with Crippen molar-refractivity contribution in [2.24, 2.45) is 0 Å². The SMILES string of the molecule is O=C(CCc1ccccc1)CC(=O)CC(=O)CCc1ccccc1. The van der Waals surface area contributed by atoms with Crippen molar-refractivity contribution in [3.8, 4) is 0 Å². The Balaban J connectivity index is 1.66. The second kappa shape index (κ2) is 9.56. The zero-order valence-corrected chi connectivity index (χ0v) is 13.7. The Kier molecular flexibility index (Phi) is 7.09. The highest BCUT2D eigenvalue weighted by Gasteiger charge is 2.14. The predicted molar refractivity (Wildman–Crippen MR) is 93.8 cm³/mol. The zero-order chi connectivity index (χ0) is 17.2. The molecule has 0 heterocycles. The van der Waals surface area contributed by atoms with Gasteiger partial charge in [-0.05, 0) is 24.0 Å². The molecule has 0 aliphatic rings. The molecule has 0 bridgehead atoms. The molecule has 0 unspecified atom stereocenters. The van der Waals surface area contributed by atoms with E-state index in [2.05, 4.69) is 0 Å². The molecule has 0 atom stereocenters. The first-order chi connectivity index (χ1) is 11.6. The Morgan fingerprint density at radius 1 is 0.542 bits per heavy atom. The van der Waals surface area contributed by atoms with Crippen LogP contribution in [-0.2, 0) is 27.2 Å². The van der Waals surface area contributed by atoms with Crippen LogP contribution in [0.1, 0.15) is 36.8 Å². The summed E-state index contributed by atoms with van der Waals surface area (Å²) in [6.07, 6.45) is 1.68. The number of hydrogen-bond donors (Lipinski definition) is 0. The fraction of sp³-hybridized carbons (Fsp3) is 0.286. The normalized spacial score (nSPS) is 10.3. The van der Waals surface area contributed by atoms with Crippen molar-refractivity contribution >= 4 is 17.3 Å². The predicted octanol–water partition coefficient (Wildman–Crippen LogP) is 3.74. The Hall–Kier alpha value is -2.55. The summed E-state index contributed by atoms with van der Waals surface area (Å²) in [6, 6.07) is 19.4. The quantitative estimate of drug-likeness (QED) is 0.626. The van der Waals surface area contributed by atoms with Crippen LogP contribution in [0.15, 0.2) is 60.7 Å². The van der Waals surface area contributed by atoms with E-state index in [1.807, 2.05) is 60.7 Å². The molecule has 124 valence electrons. The molecule has 2 aromatic carbocycles. The fourth-order valence-corrected chi connectivity index (χ4v) is 2.54. The van der Waals surface area contributed by atoms with E-state index in [0.717, 1.165) is 11.1 Å². The molecule has 2 aromatic rings. The summed E-state index contributed by atoms with van der Waals surface area (Å²) in [4.78, 5) is 35.6. The Labute approximate surface area is 142 Å². The van der Waals surface area contributed by atoms with E-state index in [1.54, 1.807) is 0 Å². The number of carbonyl (C=O) groups is 3. The summed E-state index contributed by atoms with van der Waals surface area (Å²) in [6.45, 7) is 0. The van der Waals surface area contributed by atoms with Crippen LogP contribution in [0.2, 0.25) is 0 Å². The number of hydrogen-bond acceptors (Lipinski definition) is 3. The maximum Gasteiger partial charge on any atom is 0.147 e. The lowest BCUT2D eigenvalue weighted by Crippen LogP contribution is -2.13. The Morgan fingerprint density at radius 2 is 0.917 bits per heavy atom. The second-order valence-electron chi connectivity index (χ2n) is 5.94. The monoisotopic (exact) mass is 322 g/mol. The van der Waals surface area contributed by atoms with E-state index < -0.39 is 0 Å². The van der Waals surface area contributed by atoms with Gasteiger partial charge in [-0.3, -0.25) is 14.4 Å². The van der Waals surface area contributed by atoms with Crippen molar-refractivity contribution in [2.75, 3.05) is 0 Å². The molecule has 0 spiro atoms. The highest BCUT2D eigenvalue weighted by molar-refractivity contribution is 6.07. The van der Waals surface area contributed by atoms with Crippen LogP contribution < -0.4 is 0 Å². The molecule has 0 fully saturated rings. The van der Waals surface area contributed by atoms with Crippen molar-refractivity contribution in [2.45, 2.75) is 38.5 Å². The third-order valence-corrected chi connectivity index (χ3v) is 3.86. The van der Waals surface area contributed by atoms with E-state index in [1.165, 1.54) is 0 Å². The van der Waals surface area contributed by atoms with Gasteiger partial charge in [-0.2, -0.15) is 0 Å². The van der Waals surface area contributed by atoms with E-state index in [-0.39, 0.29) is 30.2 Å². The van der Waals surface area contributed by atoms with Gasteiger partial charge in [0, 0.05) is 12.8 Å². The van der Waals surface area contributed by atoms with Gasteiger partial charge in [0.15, 0.2) is 0 Å². The number of aryl methyl sites for hydroxylation is 2. The van der Waals surface area contributed by atoms with Gasteiger partial charge in [-0.15, -0.1) is 0 Å². The van der Waals surface area contributed by atoms with Gasteiger partial charge < -0.3 is 0 Å². The van der Waals surface area contributed by atoms with Crippen LogP contribution >= 0.6 is 0 Å². The molecule has 0 aliphatic heterocycles. The lowest BCUT2D eigenvalue weighted by Gasteiger charge is -2.03. The van der Waals surface area contributed by atoms with Gasteiger partial charge in [-0.1, -0.05) is 60.7 Å². The Bertz CT molecular complexity index is 615. The summed E-state index contributed by atoms with van der Waals surface area (Å²) in [5, 5.41) is 0. The van der Waals surface area contributed by atoms with Gasteiger partial charge in [0.05, 0.1) is 12.8 Å². The molecule has 3 heteroatoms.